The van der Waals surface area contributed by atoms with Crippen LogP contribution in [0.25, 0.3) is 43.9 Å². The maximum absolute atomic E-state index is 12.4. The number of fused-ring (bicyclic) bond motifs is 2. The highest BCUT2D eigenvalue weighted by Gasteiger charge is 2.26. The van der Waals surface area contributed by atoms with Gasteiger partial charge in [0.2, 0.25) is 11.3 Å². The molecule has 0 aliphatic rings. The van der Waals surface area contributed by atoms with Gasteiger partial charge < -0.3 is 18.3 Å². The molecule has 0 bridgehead atoms. The fourth-order valence-electron chi connectivity index (χ4n) is 3.08. The maximum atomic E-state index is 12.4. The van der Waals surface area contributed by atoms with Crippen molar-refractivity contribution in [2.75, 3.05) is 14.2 Å². The van der Waals surface area contributed by atoms with Gasteiger partial charge in [-0.2, -0.15) is 0 Å². The summed E-state index contributed by atoms with van der Waals surface area (Å²) in [6.45, 7) is 0. The lowest BCUT2D eigenvalue weighted by Gasteiger charge is -2.13. The number of hydrogen-bond donors (Lipinski definition) is 0. The van der Waals surface area contributed by atoms with Crippen molar-refractivity contribution in [1.82, 2.24) is 0 Å². The topological polar surface area (TPSA) is 105 Å². The zero-order chi connectivity index (χ0) is 16.6. The number of methoxy groups -OCH3 is 2. The summed E-state index contributed by atoms with van der Waals surface area (Å²) < 4.78 is 31.0. The largest absolute Gasteiger partial charge is 0.493 e. The van der Waals surface area contributed by atoms with Crippen molar-refractivity contribution in [3.05, 3.63) is 33.0 Å². The van der Waals surface area contributed by atoms with Crippen molar-refractivity contribution in [1.29, 1.82) is 0 Å². The van der Waals surface area contributed by atoms with E-state index in [0.717, 1.165) is 0 Å². The highest BCUT2D eigenvalue weighted by molar-refractivity contribution is 6.24. The van der Waals surface area contributed by atoms with Crippen molar-refractivity contribution in [3.8, 4) is 11.5 Å². The molecule has 0 amide bonds. The van der Waals surface area contributed by atoms with E-state index in [1.807, 2.05) is 0 Å². The molecule has 24 heavy (non-hydrogen) atoms. The Hall–Kier alpha value is -3.42. The molecule has 0 aliphatic carbocycles. The standard InChI is InChI=1S/C16H8O8/c1-19-7-3-5-9-10-6(16(18)21-13(9)11(7)20-2)4-8-12(24-23-8)14(10)22-15(5)17/h3-4H,1-2H3. The lowest BCUT2D eigenvalue weighted by molar-refractivity contribution is 0.0594. The van der Waals surface area contributed by atoms with Crippen molar-refractivity contribution >= 4 is 43.9 Å². The van der Waals surface area contributed by atoms with E-state index >= 15 is 0 Å². The van der Waals surface area contributed by atoms with Crippen molar-refractivity contribution in [2.24, 2.45) is 0 Å². The monoisotopic (exact) mass is 328 g/mol. The van der Waals surface area contributed by atoms with E-state index in [1.165, 1.54) is 26.4 Å². The molecule has 0 aliphatic heterocycles. The molecule has 3 heterocycles. The number of rotatable bonds is 2. The molecular weight excluding hydrogens is 320 g/mol. The fraction of sp³-hybridized carbons (Fsp3) is 0.125. The predicted molar refractivity (Wildman–Crippen MR) is 82.4 cm³/mol. The van der Waals surface area contributed by atoms with Gasteiger partial charge in [0.1, 0.15) is 0 Å². The smallest absolute Gasteiger partial charge is 0.344 e. The Labute approximate surface area is 131 Å². The Morgan fingerprint density at radius 1 is 0.792 bits per heavy atom. The summed E-state index contributed by atoms with van der Waals surface area (Å²) in [5.41, 5.74) is -0.414. The van der Waals surface area contributed by atoms with Gasteiger partial charge in [0.05, 0.1) is 25.0 Å². The van der Waals surface area contributed by atoms with Crippen LogP contribution < -0.4 is 20.7 Å². The number of benzene rings is 2. The molecule has 8 heteroatoms. The van der Waals surface area contributed by atoms with Gasteiger partial charge in [0.25, 0.3) is 5.58 Å². The number of ether oxygens (including phenoxy) is 2. The molecule has 5 aromatic rings. The van der Waals surface area contributed by atoms with Gasteiger partial charge >= 0.3 is 11.3 Å². The summed E-state index contributed by atoms with van der Waals surface area (Å²) in [6, 6.07) is 2.98. The van der Waals surface area contributed by atoms with E-state index in [2.05, 4.69) is 0 Å². The van der Waals surface area contributed by atoms with Crippen LogP contribution in [0.15, 0.2) is 39.7 Å². The first kappa shape index (κ1) is 13.1. The average Bonchev–Trinajstić information content (AvgIpc) is 2.54. The summed E-state index contributed by atoms with van der Waals surface area (Å²) in [5, 5.41) is 1.26. The van der Waals surface area contributed by atoms with Gasteiger partial charge in [-0.15, -0.1) is 0 Å². The third-order valence-corrected chi connectivity index (χ3v) is 4.12. The summed E-state index contributed by atoms with van der Waals surface area (Å²) in [6.07, 6.45) is 0. The Balaban J connectivity index is 2.23. The van der Waals surface area contributed by atoms with E-state index in [-0.39, 0.29) is 39.0 Å². The second kappa shape index (κ2) is 4.10. The third-order valence-electron chi connectivity index (χ3n) is 4.12. The van der Waals surface area contributed by atoms with Gasteiger partial charge in [-0.25, -0.2) is 9.59 Å². The van der Waals surface area contributed by atoms with Crippen molar-refractivity contribution in [3.63, 3.8) is 0 Å². The summed E-state index contributed by atoms with van der Waals surface area (Å²) >= 11 is 0. The normalized spacial score (nSPS) is 12.1. The Morgan fingerprint density at radius 3 is 2.08 bits per heavy atom. The summed E-state index contributed by atoms with van der Waals surface area (Å²) in [7, 11) is 2.84. The molecule has 120 valence electrons. The molecule has 0 atom stereocenters. The molecule has 3 aromatic heterocycles. The highest BCUT2D eigenvalue weighted by atomic mass is 17.0. The first-order valence-electron chi connectivity index (χ1n) is 6.93. The minimum Gasteiger partial charge on any atom is -0.493 e. The van der Waals surface area contributed by atoms with Gasteiger partial charge in [-0.3, -0.25) is 9.15 Å². The average molecular weight is 328 g/mol. The molecule has 5 rings (SSSR count). The molecule has 8 nitrogen and oxygen atoms in total. The zero-order valence-corrected chi connectivity index (χ0v) is 12.4. The number of hydrogen-bond acceptors (Lipinski definition) is 8. The second-order valence-corrected chi connectivity index (χ2v) is 5.26. The van der Waals surface area contributed by atoms with Crippen LogP contribution in [-0.4, -0.2) is 14.2 Å². The maximum Gasteiger partial charge on any atom is 0.344 e. The van der Waals surface area contributed by atoms with E-state index in [1.54, 1.807) is 0 Å². The van der Waals surface area contributed by atoms with Crippen LogP contribution >= 0.6 is 0 Å². The van der Waals surface area contributed by atoms with Crippen LogP contribution in [0.4, 0.5) is 0 Å². The highest BCUT2D eigenvalue weighted by Crippen LogP contribution is 2.43. The fourth-order valence-corrected chi connectivity index (χ4v) is 3.08. The van der Waals surface area contributed by atoms with Gasteiger partial charge in [0.15, 0.2) is 16.9 Å². The summed E-state index contributed by atoms with van der Waals surface area (Å²) in [5.74, 6) is 0.474. The van der Waals surface area contributed by atoms with Gasteiger partial charge in [0, 0.05) is 16.8 Å². The minimum atomic E-state index is -0.618. The lowest BCUT2D eigenvalue weighted by Crippen LogP contribution is -2.08. The van der Waals surface area contributed by atoms with Crippen LogP contribution in [-0.2, 0) is 0 Å². The van der Waals surface area contributed by atoms with Crippen LogP contribution in [0.1, 0.15) is 0 Å². The minimum absolute atomic E-state index is 0.113. The Kier molecular flexibility index (Phi) is 2.23. The van der Waals surface area contributed by atoms with E-state index < -0.39 is 11.3 Å². The van der Waals surface area contributed by atoms with Crippen molar-refractivity contribution in [2.45, 2.75) is 0 Å². The molecule has 0 saturated carbocycles. The second-order valence-electron chi connectivity index (χ2n) is 5.26. The van der Waals surface area contributed by atoms with Crippen molar-refractivity contribution < 1.29 is 27.5 Å². The van der Waals surface area contributed by atoms with E-state index in [0.29, 0.717) is 16.4 Å². The molecule has 2 aromatic carbocycles. The lowest BCUT2D eigenvalue weighted by atomic mass is 10.0. The third kappa shape index (κ3) is 1.34. The molecule has 0 saturated heterocycles. The van der Waals surface area contributed by atoms with E-state index in [4.69, 9.17) is 27.5 Å². The van der Waals surface area contributed by atoms with Gasteiger partial charge in [-0.1, -0.05) is 0 Å². The predicted octanol–water partition coefficient (Wildman–Crippen LogP) is 2.85. The first-order valence-corrected chi connectivity index (χ1v) is 6.93. The molecule has 0 unspecified atom stereocenters. The van der Waals surface area contributed by atoms with Crippen LogP contribution in [0.3, 0.4) is 0 Å². The SMILES string of the molecule is COc1cc2c(=O)oc3c4ooc4cc4c(=O)oc(c1OC)c2c43. The Bertz CT molecular complexity index is 1360. The Morgan fingerprint density at radius 2 is 1.46 bits per heavy atom. The molecule has 0 spiro atoms. The van der Waals surface area contributed by atoms with Gasteiger partial charge in [-0.05, 0) is 6.07 Å². The van der Waals surface area contributed by atoms with Crippen LogP contribution in [0.2, 0.25) is 0 Å². The molecule has 0 radical (unpaired) electrons. The van der Waals surface area contributed by atoms with Crippen LogP contribution in [0, 0.1) is 0 Å². The van der Waals surface area contributed by atoms with E-state index in [9.17, 15) is 9.59 Å². The zero-order valence-electron chi connectivity index (χ0n) is 12.4. The molecule has 0 fully saturated rings. The van der Waals surface area contributed by atoms with Crippen LogP contribution in [0.5, 0.6) is 11.5 Å². The first-order chi connectivity index (χ1) is 11.6. The quantitative estimate of drug-likeness (QED) is 0.277. The molecular formula is C16H8O8. The summed E-state index contributed by atoms with van der Waals surface area (Å²) in [4.78, 5) is 24.8. The molecule has 0 N–H and O–H groups in total.